The van der Waals surface area contributed by atoms with E-state index >= 15 is 0 Å². The predicted molar refractivity (Wildman–Crippen MR) is 123 cm³/mol. The molecule has 4 aromatic rings. The van der Waals surface area contributed by atoms with Crippen LogP contribution in [0.2, 0.25) is 5.02 Å². The second-order valence-electron chi connectivity index (χ2n) is 7.26. The van der Waals surface area contributed by atoms with Crippen LogP contribution in [0.15, 0.2) is 83.4 Å². The Hall–Kier alpha value is -4.04. The molecule has 0 saturated carbocycles. The van der Waals surface area contributed by atoms with Crippen molar-refractivity contribution in [1.82, 2.24) is 15.0 Å². The molecule has 4 rings (SSSR count). The van der Waals surface area contributed by atoms with Gasteiger partial charge < -0.3 is 9.42 Å². The third-order valence-electron chi connectivity index (χ3n) is 4.99. The molecule has 0 spiro atoms. The van der Waals surface area contributed by atoms with Crippen molar-refractivity contribution in [2.45, 2.75) is 13.0 Å². The van der Waals surface area contributed by atoms with Gasteiger partial charge in [0.2, 0.25) is 11.7 Å². The Bertz CT molecular complexity index is 1280. The van der Waals surface area contributed by atoms with E-state index in [-0.39, 0.29) is 17.4 Å². The van der Waals surface area contributed by atoms with E-state index in [1.807, 2.05) is 30.3 Å². The Morgan fingerprint density at radius 2 is 1.79 bits per heavy atom. The fraction of sp³-hybridized carbons (Fsp3) is 0.125. The molecule has 1 aromatic heterocycles. The number of hydrogen-bond acceptors (Lipinski definition) is 6. The zero-order valence-electron chi connectivity index (χ0n) is 17.4. The fourth-order valence-electron chi connectivity index (χ4n) is 3.32. The van der Waals surface area contributed by atoms with Crippen LogP contribution < -0.4 is 0 Å². The SMILES string of the molecule is O=C(c1ccccc1Cl)N(CCc1nc(-c2cccc([N+](=O)[O-])c2)no1)Cc1ccccc1. The van der Waals surface area contributed by atoms with Crippen LogP contribution in [-0.2, 0) is 13.0 Å². The van der Waals surface area contributed by atoms with Crippen molar-refractivity contribution in [3.8, 4) is 11.4 Å². The summed E-state index contributed by atoms with van der Waals surface area (Å²) in [5.74, 6) is 0.366. The summed E-state index contributed by atoms with van der Waals surface area (Å²) < 4.78 is 5.33. The van der Waals surface area contributed by atoms with Crippen LogP contribution in [-0.4, -0.2) is 32.4 Å². The van der Waals surface area contributed by atoms with Crippen LogP contribution in [0, 0.1) is 10.1 Å². The van der Waals surface area contributed by atoms with Crippen LogP contribution in [0.5, 0.6) is 0 Å². The average molecular weight is 463 g/mol. The highest BCUT2D eigenvalue weighted by Crippen LogP contribution is 2.22. The minimum atomic E-state index is -0.480. The van der Waals surface area contributed by atoms with Crippen LogP contribution in [0.25, 0.3) is 11.4 Å². The first kappa shape index (κ1) is 22.2. The first-order chi connectivity index (χ1) is 16.0. The lowest BCUT2D eigenvalue weighted by molar-refractivity contribution is -0.384. The molecule has 166 valence electrons. The lowest BCUT2D eigenvalue weighted by Gasteiger charge is -2.23. The summed E-state index contributed by atoms with van der Waals surface area (Å²) in [5, 5.41) is 15.3. The zero-order chi connectivity index (χ0) is 23.2. The van der Waals surface area contributed by atoms with Crippen molar-refractivity contribution in [2.24, 2.45) is 0 Å². The molecular formula is C24H19ClN4O4. The molecule has 33 heavy (non-hydrogen) atoms. The number of rotatable bonds is 8. The minimum absolute atomic E-state index is 0.0572. The third-order valence-corrected chi connectivity index (χ3v) is 5.32. The molecule has 9 heteroatoms. The van der Waals surface area contributed by atoms with Crippen molar-refractivity contribution in [3.05, 3.63) is 111 Å². The van der Waals surface area contributed by atoms with E-state index in [0.717, 1.165) is 5.56 Å². The molecule has 0 aliphatic heterocycles. The molecule has 0 N–H and O–H groups in total. The second kappa shape index (κ2) is 10.1. The normalized spacial score (nSPS) is 10.7. The number of benzene rings is 3. The summed E-state index contributed by atoms with van der Waals surface area (Å²) in [4.78, 5) is 29.8. The Labute approximate surface area is 194 Å². The van der Waals surface area contributed by atoms with Gasteiger partial charge in [-0.05, 0) is 17.7 Å². The highest BCUT2D eigenvalue weighted by atomic mass is 35.5. The first-order valence-corrected chi connectivity index (χ1v) is 10.5. The van der Waals surface area contributed by atoms with Gasteiger partial charge in [-0.15, -0.1) is 0 Å². The van der Waals surface area contributed by atoms with Crippen molar-refractivity contribution < 1.29 is 14.2 Å². The number of nitro benzene ring substituents is 1. The Morgan fingerprint density at radius 3 is 2.55 bits per heavy atom. The molecule has 0 unspecified atom stereocenters. The molecule has 0 atom stereocenters. The number of halogens is 1. The van der Waals surface area contributed by atoms with E-state index < -0.39 is 4.92 Å². The monoisotopic (exact) mass is 462 g/mol. The third kappa shape index (κ3) is 5.42. The topological polar surface area (TPSA) is 102 Å². The Balaban J connectivity index is 1.52. The van der Waals surface area contributed by atoms with Crippen LogP contribution >= 0.6 is 11.6 Å². The smallest absolute Gasteiger partial charge is 0.270 e. The van der Waals surface area contributed by atoms with Gasteiger partial charge in [-0.2, -0.15) is 4.98 Å². The Morgan fingerprint density at radius 1 is 1.03 bits per heavy atom. The predicted octanol–water partition coefficient (Wildman–Crippen LogP) is 5.18. The number of amides is 1. The first-order valence-electron chi connectivity index (χ1n) is 10.2. The van der Waals surface area contributed by atoms with E-state index in [1.165, 1.54) is 12.1 Å². The van der Waals surface area contributed by atoms with Gasteiger partial charge >= 0.3 is 0 Å². The molecule has 0 fully saturated rings. The molecule has 0 aliphatic rings. The van der Waals surface area contributed by atoms with Crippen molar-refractivity contribution in [1.29, 1.82) is 0 Å². The average Bonchev–Trinajstić information content (AvgIpc) is 3.31. The molecule has 0 radical (unpaired) electrons. The molecule has 1 amide bonds. The molecule has 0 aliphatic carbocycles. The number of carbonyl (C=O) groups excluding carboxylic acids is 1. The van der Waals surface area contributed by atoms with E-state index in [9.17, 15) is 14.9 Å². The van der Waals surface area contributed by atoms with Gasteiger partial charge in [0.15, 0.2) is 0 Å². The maximum Gasteiger partial charge on any atom is 0.270 e. The maximum absolute atomic E-state index is 13.2. The summed E-state index contributed by atoms with van der Waals surface area (Å²) in [6.07, 6.45) is 0.310. The van der Waals surface area contributed by atoms with Gasteiger partial charge in [-0.3, -0.25) is 14.9 Å². The second-order valence-corrected chi connectivity index (χ2v) is 7.67. The van der Waals surface area contributed by atoms with Gasteiger partial charge in [0, 0.05) is 37.2 Å². The van der Waals surface area contributed by atoms with Gasteiger partial charge in [0.1, 0.15) is 0 Å². The van der Waals surface area contributed by atoms with E-state index in [2.05, 4.69) is 10.1 Å². The van der Waals surface area contributed by atoms with Crippen molar-refractivity contribution in [3.63, 3.8) is 0 Å². The number of carbonyl (C=O) groups is 1. The summed E-state index contributed by atoms with van der Waals surface area (Å²) in [5.41, 5.74) is 1.81. The van der Waals surface area contributed by atoms with Crippen molar-refractivity contribution >= 4 is 23.2 Å². The van der Waals surface area contributed by atoms with Gasteiger partial charge in [-0.1, -0.05) is 71.4 Å². The molecule has 0 bridgehead atoms. The summed E-state index contributed by atoms with van der Waals surface area (Å²) in [7, 11) is 0. The zero-order valence-corrected chi connectivity index (χ0v) is 18.2. The molecule has 1 heterocycles. The standard InChI is InChI=1S/C24H19ClN4O4/c25-21-12-5-4-11-20(21)24(30)28(16-17-7-2-1-3-8-17)14-13-22-26-23(27-33-22)18-9-6-10-19(15-18)29(31)32/h1-12,15H,13-14,16H2. The molecule has 0 saturated heterocycles. The summed E-state index contributed by atoms with van der Waals surface area (Å²) in [6, 6.07) is 22.6. The lowest BCUT2D eigenvalue weighted by atomic mass is 10.1. The maximum atomic E-state index is 13.2. The quantitative estimate of drug-likeness (QED) is 0.264. The number of hydrogen-bond donors (Lipinski definition) is 0. The van der Waals surface area contributed by atoms with Crippen LogP contribution in [0.4, 0.5) is 5.69 Å². The van der Waals surface area contributed by atoms with Crippen molar-refractivity contribution in [2.75, 3.05) is 6.54 Å². The summed E-state index contributed by atoms with van der Waals surface area (Å²) in [6.45, 7) is 0.701. The van der Waals surface area contributed by atoms with Gasteiger partial charge in [0.25, 0.3) is 11.6 Å². The highest BCUT2D eigenvalue weighted by molar-refractivity contribution is 6.33. The van der Waals surface area contributed by atoms with Crippen LogP contribution in [0.1, 0.15) is 21.8 Å². The van der Waals surface area contributed by atoms with Crippen LogP contribution in [0.3, 0.4) is 0 Å². The highest BCUT2D eigenvalue weighted by Gasteiger charge is 2.20. The lowest BCUT2D eigenvalue weighted by Crippen LogP contribution is -2.32. The van der Waals surface area contributed by atoms with E-state index in [4.69, 9.17) is 16.1 Å². The largest absolute Gasteiger partial charge is 0.339 e. The number of nitrogens with zero attached hydrogens (tertiary/aromatic N) is 4. The fourth-order valence-corrected chi connectivity index (χ4v) is 3.54. The minimum Gasteiger partial charge on any atom is -0.339 e. The number of nitro groups is 1. The van der Waals surface area contributed by atoms with Gasteiger partial charge in [0.05, 0.1) is 15.5 Å². The number of non-ortho nitro benzene ring substituents is 1. The molecule has 8 nitrogen and oxygen atoms in total. The van der Waals surface area contributed by atoms with E-state index in [1.54, 1.807) is 41.3 Å². The molecular weight excluding hydrogens is 444 g/mol. The molecule has 3 aromatic carbocycles. The summed E-state index contributed by atoms with van der Waals surface area (Å²) >= 11 is 6.25. The number of aromatic nitrogens is 2. The van der Waals surface area contributed by atoms with Gasteiger partial charge in [-0.25, -0.2) is 0 Å². The Kier molecular flexibility index (Phi) is 6.75. The van der Waals surface area contributed by atoms with E-state index in [0.29, 0.717) is 41.6 Å².